The Balaban J connectivity index is 2.35. The Kier molecular flexibility index (Phi) is 9.80. The van der Waals surface area contributed by atoms with Gasteiger partial charge < -0.3 is 14.9 Å². The van der Waals surface area contributed by atoms with E-state index in [0.717, 1.165) is 35.5 Å². The average Bonchev–Trinajstić information content (AvgIpc) is 3.17. The summed E-state index contributed by atoms with van der Waals surface area (Å²) in [6.45, 7) is 12.6. The molecule has 0 aromatic carbocycles. The number of aromatic nitrogens is 1. The van der Waals surface area contributed by atoms with Crippen molar-refractivity contribution in [3.63, 3.8) is 0 Å². The minimum absolute atomic E-state index is 0.0461. The number of carbonyl (C=O) groups is 2. The van der Waals surface area contributed by atoms with Gasteiger partial charge in [-0.25, -0.2) is 4.98 Å². The maximum Gasteiger partial charge on any atom is 0.309 e. The molecule has 0 aliphatic carbocycles. The molecule has 0 saturated heterocycles. The minimum Gasteiger partial charge on any atom is -0.454 e. The van der Waals surface area contributed by atoms with E-state index in [9.17, 15) is 19.8 Å². The predicted molar refractivity (Wildman–Crippen MR) is 136 cm³/mol. The number of ketones is 1. The molecule has 2 heterocycles. The lowest BCUT2D eigenvalue weighted by molar-refractivity contribution is -0.160. The second-order valence-electron chi connectivity index (χ2n) is 10.5. The van der Waals surface area contributed by atoms with Crippen LogP contribution < -0.4 is 0 Å². The van der Waals surface area contributed by atoms with Gasteiger partial charge in [0.2, 0.25) is 0 Å². The number of esters is 1. The molecule has 0 fully saturated rings. The molecular formula is C27H41NO5S. The summed E-state index contributed by atoms with van der Waals surface area (Å²) in [7, 11) is 0. The third-order valence-corrected chi connectivity index (χ3v) is 8.01. The van der Waals surface area contributed by atoms with E-state index in [1.54, 1.807) is 32.1 Å². The highest BCUT2D eigenvalue weighted by molar-refractivity contribution is 7.09. The fraction of sp³-hybridized carbons (Fsp3) is 0.667. The minimum atomic E-state index is -1.23. The molecule has 2 rings (SSSR count). The Morgan fingerprint density at radius 1 is 1.21 bits per heavy atom. The summed E-state index contributed by atoms with van der Waals surface area (Å²) in [6, 6.07) is 0. The Bertz CT molecular complexity index is 918. The van der Waals surface area contributed by atoms with Crippen molar-refractivity contribution in [2.45, 2.75) is 98.4 Å². The second kappa shape index (κ2) is 11.7. The van der Waals surface area contributed by atoms with E-state index in [-0.39, 0.29) is 18.1 Å². The van der Waals surface area contributed by atoms with Gasteiger partial charge in [-0.05, 0) is 57.6 Å². The third kappa shape index (κ3) is 7.09. The molecule has 34 heavy (non-hydrogen) atoms. The van der Waals surface area contributed by atoms with E-state index in [1.165, 1.54) is 0 Å². The molecule has 0 bridgehead atoms. The quantitative estimate of drug-likeness (QED) is 0.432. The van der Waals surface area contributed by atoms with Gasteiger partial charge in [-0.15, -0.1) is 11.3 Å². The molecule has 5 atom stereocenters. The highest BCUT2D eigenvalue weighted by Crippen LogP contribution is 2.34. The van der Waals surface area contributed by atoms with Gasteiger partial charge in [-0.1, -0.05) is 39.8 Å². The third-order valence-electron chi connectivity index (χ3n) is 7.22. The maximum absolute atomic E-state index is 13.2. The van der Waals surface area contributed by atoms with Crippen molar-refractivity contribution in [2.75, 3.05) is 0 Å². The Morgan fingerprint density at radius 3 is 2.50 bits per heavy atom. The summed E-state index contributed by atoms with van der Waals surface area (Å²) in [5.74, 6) is -1.51. The van der Waals surface area contributed by atoms with Gasteiger partial charge in [0.1, 0.15) is 11.4 Å². The van der Waals surface area contributed by atoms with Crippen LogP contribution in [0.4, 0.5) is 0 Å². The SMILES string of the molecule is C/C(=C\c1csc(C)n1)[C@]1(C)C/C=C\CCCC(C)[C@H](O)[C@@H](C)C(=O)C(C)(C)[C@H](O)CC(=O)O1. The summed E-state index contributed by atoms with van der Waals surface area (Å²) < 4.78 is 5.94. The molecule has 1 unspecified atom stereocenters. The van der Waals surface area contributed by atoms with Crippen molar-refractivity contribution in [3.8, 4) is 0 Å². The van der Waals surface area contributed by atoms with Crippen LogP contribution in [0.5, 0.6) is 0 Å². The van der Waals surface area contributed by atoms with Gasteiger partial charge in [0.15, 0.2) is 0 Å². The first-order valence-electron chi connectivity index (χ1n) is 12.2. The van der Waals surface area contributed by atoms with Gasteiger partial charge in [-0.3, -0.25) is 9.59 Å². The first-order valence-corrected chi connectivity index (χ1v) is 13.0. The molecule has 0 saturated carbocycles. The number of thiazole rings is 1. The average molecular weight is 492 g/mol. The van der Waals surface area contributed by atoms with E-state index in [0.29, 0.717) is 6.42 Å². The van der Waals surface area contributed by atoms with Crippen LogP contribution in [-0.4, -0.2) is 44.8 Å². The Labute approximate surface area is 208 Å². The van der Waals surface area contributed by atoms with Crippen LogP contribution in [0.15, 0.2) is 23.1 Å². The van der Waals surface area contributed by atoms with Gasteiger partial charge in [-0.2, -0.15) is 0 Å². The van der Waals surface area contributed by atoms with Crippen molar-refractivity contribution >= 4 is 29.2 Å². The smallest absolute Gasteiger partial charge is 0.309 e. The predicted octanol–water partition coefficient (Wildman–Crippen LogP) is 5.27. The van der Waals surface area contributed by atoms with Crippen LogP contribution >= 0.6 is 11.3 Å². The fourth-order valence-corrected chi connectivity index (χ4v) is 4.93. The van der Waals surface area contributed by atoms with E-state index < -0.39 is 35.1 Å². The van der Waals surface area contributed by atoms with Crippen LogP contribution in [0.25, 0.3) is 6.08 Å². The van der Waals surface area contributed by atoms with E-state index in [1.807, 2.05) is 45.2 Å². The second-order valence-corrected chi connectivity index (χ2v) is 11.6. The number of aliphatic hydroxyl groups is 2. The number of aliphatic hydroxyl groups excluding tert-OH is 2. The number of cyclic esters (lactones) is 1. The lowest BCUT2D eigenvalue weighted by atomic mass is 9.73. The van der Waals surface area contributed by atoms with Crippen molar-refractivity contribution < 1.29 is 24.5 Å². The van der Waals surface area contributed by atoms with Crippen molar-refractivity contribution in [1.82, 2.24) is 4.98 Å². The monoisotopic (exact) mass is 491 g/mol. The fourth-order valence-electron chi connectivity index (χ4n) is 4.36. The van der Waals surface area contributed by atoms with Gasteiger partial charge in [0, 0.05) is 17.7 Å². The van der Waals surface area contributed by atoms with Crippen molar-refractivity contribution in [3.05, 3.63) is 33.8 Å². The molecule has 2 N–H and O–H groups in total. The highest BCUT2D eigenvalue weighted by atomic mass is 32.1. The highest BCUT2D eigenvalue weighted by Gasteiger charge is 2.43. The number of rotatable bonds is 2. The number of hydrogen-bond acceptors (Lipinski definition) is 7. The van der Waals surface area contributed by atoms with Crippen LogP contribution in [0.3, 0.4) is 0 Å². The number of carbonyl (C=O) groups excluding carboxylic acids is 2. The molecule has 7 heteroatoms. The zero-order chi connectivity index (χ0) is 25.7. The van der Waals surface area contributed by atoms with Crippen LogP contribution in [-0.2, 0) is 14.3 Å². The molecule has 190 valence electrons. The largest absolute Gasteiger partial charge is 0.454 e. The summed E-state index contributed by atoms with van der Waals surface area (Å²) in [5, 5.41) is 24.5. The molecule has 0 radical (unpaired) electrons. The number of ether oxygens (including phenoxy) is 1. The number of allylic oxidation sites excluding steroid dienone is 1. The van der Waals surface area contributed by atoms with Crippen LogP contribution in [0, 0.1) is 24.2 Å². The molecule has 1 aromatic heterocycles. The zero-order valence-electron chi connectivity index (χ0n) is 21.6. The zero-order valence-corrected chi connectivity index (χ0v) is 22.4. The van der Waals surface area contributed by atoms with Gasteiger partial charge in [0.25, 0.3) is 0 Å². The summed E-state index contributed by atoms with van der Waals surface area (Å²) >= 11 is 1.56. The lowest BCUT2D eigenvalue weighted by Crippen LogP contribution is -2.46. The molecule has 0 spiro atoms. The first kappa shape index (κ1) is 28.4. The molecule has 1 aromatic rings. The van der Waals surface area contributed by atoms with E-state index in [4.69, 9.17) is 4.74 Å². The van der Waals surface area contributed by atoms with Crippen LogP contribution in [0.1, 0.15) is 84.3 Å². The van der Waals surface area contributed by atoms with Crippen molar-refractivity contribution in [2.24, 2.45) is 17.3 Å². The Morgan fingerprint density at radius 2 is 1.88 bits per heavy atom. The Hall–Kier alpha value is -1.83. The molecular weight excluding hydrogens is 450 g/mol. The normalized spacial score (nSPS) is 33.4. The molecule has 1 aliphatic heterocycles. The van der Waals surface area contributed by atoms with Gasteiger partial charge in [0.05, 0.1) is 34.7 Å². The summed E-state index contributed by atoms with van der Waals surface area (Å²) in [5.41, 5.74) is -0.434. The van der Waals surface area contributed by atoms with E-state index in [2.05, 4.69) is 11.1 Å². The summed E-state index contributed by atoms with van der Waals surface area (Å²) in [6.07, 6.45) is 6.69. The first-order chi connectivity index (χ1) is 15.8. The lowest BCUT2D eigenvalue weighted by Gasteiger charge is -2.35. The molecule has 6 nitrogen and oxygen atoms in total. The van der Waals surface area contributed by atoms with Crippen LogP contribution in [0.2, 0.25) is 0 Å². The van der Waals surface area contributed by atoms with E-state index >= 15 is 0 Å². The molecule has 1 aliphatic rings. The number of Topliss-reactive ketones (excluding diaryl/α,β-unsaturated/α-hetero) is 1. The number of nitrogens with zero attached hydrogens (tertiary/aromatic N) is 1. The standard InChI is InChI=1S/C27H41NO5S/c1-17-12-10-8-9-11-13-27(7,18(2)14-21-16-34-20(4)28-21)33-23(30)15-22(29)26(5,6)25(32)19(3)24(17)31/h9,11,14,16-17,19,22,24,29,31H,8,10,12-13,15H2,1-7H3/b11-9-,18-14+/t17?,19-,22-,24+,27+/m1/s1. The topological polar surface area (TPSA) is 96.7 Å². The molecule has 0 amide bonds. The number of hydrogen-bond donors (Lipinski definition) is 2. The maximum atomic E-state index is 13.2. The number of aryl methyl sites for hydroxylation is 1. The summed E-state index contributed by atoms with van der Waals surface area (Å²) in [4.78, 5) is 30.6. The van der Waals surface area contributed by atoms with Gasteiger partial charge >= 0.3 is 5.97 Å². The van der Waals surface area contributed by atoms with Crippen molar-refractivity contribution in [1.29, 1.82) is 0 Å².